The number of benzene rings is 1. The number of nitrogens with zero attached hydrogens (tertiary/aromatic N) is 1. The van der Waals surface area contributed by atoms with E-state index in [1.54, 1.807) is 0 Å². The van der Waals surface area contributed by atoms with Crippen molar-refractivity contribution in [3.8, 4) is 17.6 Å². The van der Waals surface area contributed by atoms with Gasteiger partial charge < -0.3 is 25.2 Å². The summed E-state index contributed by atoms with van der Waals surface area (Å²) in [5.74, 6) is 0.886. The van der Waals surface area contributed by atoms with E-state index in [1.165, 1.54) is 12.1 Å². The number of hydrogen-bond donors (Lipinski definition) is 4. The number of halogens is 3. The number of aliphatic hydroxyl groups is 1. The molecule has 1 aromatic carbocycles. The van der Waals surface area contributed by atoms with Gasteiger partial charge in [0.05, 0.1) is 24.9 Å². The molecule has 0 aliphatic rings. The maximum Gasteiger partial charge on any atom is 0.416 e. The monoisotopic (exact) mass is 477 g/mol. The molecule has 0 saturated heterocycles. The van der Waals surface area contributed by atoms with Gasteiger partial charge in [-0.3, -0.25) is 14.5 Å². The summed E-state index contributed by atoms with van der Waals surface area (Å²) < 4.78 is 42.7. The SMILES string of the molecule is CCN(CC)CC#CCOc1cccc(C(F)(F)F)c1.O=C(O)CC(O)(CC(=O)O)C(=O)O. The molecule has 0 aromatic heterocycles. The van der Waals surface area contributed by atoms with Gasteiger partial charge in [0.2, 0.25) is 0 Å². The van der Waals surface area contributed by atoms with Crippen LogP contribution in [0.15, 0.2) is 24.3 Å². The lowest BCUT2D eigenvalue weighted by atomic mass is 9.96. The molecule has 0 heterocycles. The van der Waals surface area contributed by atoms with E-state index in [2.05, 4.69) is 16.7 Å². The zero-order valence-corrected chi connectivity index (χ0v) is 18.1. The van der Waals surface area contributed by atoms with E-state index in [-0.39, 0.29) is 12.4 Å². The highest BCUT2D eigenvalue weighted by Gasteiger charge is 2.40. The lowest BCUT2D eigenvalue weighted by Gasteiger charge is -2.18. The van der Waals surface area contributed by atoms with Crippen LogP contribution >= 0.6 is 0 Å². The highest BCUT2D eigenvalue weighted by Crippen LogP contribution is 2.31. The molecular formula is C21H26F3NO8. The van der Waals surface area contributed by atoms with Crippen LogP contribution in [0.4, 0.5) is 13.2 Å². The van der Waals surface area contributed by atoms with Crippen molar-refractivity contribution in [2.24, 2.45) is 0 Å². The summed E-state index contributed by atoms with van der Waals surface area (Å²) in [5.41, 5.74) is -3.45. The van der Waals surface area contributed by atoms with E-state index in [0.29, 0.717) is 6.54 Å². The number of carbonyl (C=O) groups is 3. The number of hydrogen-bond acceptors (Lipinski definition) is 6. The Morgan fingerprint density at radius 1 is 1.00 bits per heavy atom. The molecule has 4 N–H and O–H groups in total. The average Bonchev–Trinajstić information content (AvgIpc) is 2.69. The van der Waals surface area contributed by atoms with Crippen molar-refractivity contribution in [3.05, 3.63) is 29.8 Å². The molecule has 0 atom stereocenters. The predicted octanol–water partition coefficient (Wildman–Crippen LogP) is 2.18. The summed E-state index contributed by atoms with van der Waals surface area (Å²) in [6, 6.07) is 4.80. The molecular weight excluding hydrogens is 451 g/mol. The molecule has 0 aliphatic heterocycles. The lowest BCUT2D eigenvalue weighted by Crippen LogP contribution is -2.42. The standard InChI is InChI=1S/C15H18F3NO.C6H8O7/c1-3-19(4-2)10-5-6-11-20-14-9-7-8-13(12-14)15(16,17)18;7-3(8)1-6(13,5(11)12)2-4(9)10/h7-9,12H,3-4,10-11H2,1-2H3;13H,1-2H2,(H,7,8)(H,9,10)(H,11,12). The molecule has 12 heteroatoms. The Morgan fingerprint density at radius 2 is 1.55 bits per heavy atom. The van der Waals surface area contributed by atoms with E-state index in [4.69, 9.17) is 25.2 Å². The zero-order valence-electron chi connectivity index (χ0n) is 18.1. The normalized spacial score (nSPS) is 11.0. The van der Waals surface area contributed by atoms with Gasteiger partial charge in [0, 0.05) is 0 Å². The van der Waals surface area contributed by atoms with Crippen LogP contribution in [0.1, 0.15) is 32.3 Å². The molecule has 0 radical (unpaired) electrons. The molecule has 0 fully saturated rings. The third-order valence-electron chi connectivity index (χ3n) is 4.08. The fourth-order valence-electron chi connectivity index (χ4n) is 2.26. The molecule has 0 amide bonds. The molecule has 0 unspecified atom stereocenters. The minimum atomic E-state index is -4.35. The van der Waals surface area contributed by atoms with Crippen LogP contribution in [0.2, 0.25) is 0 Å². The topological polar surface area (TPSA) is 145 Å². The Hall–Kier alpha value is -3.30. The summed E-state index contributed by atoms with van der Waals surface area (Å²) in [5, 5.41) is 33.8. The van der Waals surface area contributed by atoms with Crippen molar-refractivity contribution >= 4 is 17.9 Å². The second-order valence-electron chi connectivity index (χ2n) is 6.61. The van der Waals surface area contributed by atoms with Crippen molar-refractivity contribution < 1.29 is 52.7 Å². The number of rotatable bonds is 10. The summed E-state index contributed by atoms with van der Waals surface area (Å²) in [6.07, 6.45) is -6.64. The van der Waals surface area contributed by atoms with Gasteiger partial charge in [0.25, 0.3) is 0 Å². The van der Waals surface area contributed by atoms with Gasteiger partial charge in [-0.15, -0.1) is 0 Å². The first-order valence-electron chi connectivity index (χ1n) is 9.62. The van der Waals surface area contributed by atoms with E-state index >= 15 is 0 Å². The van der Waals surface area contributed by atoms with Crippen molar-refractivity contribution in [3.63, 3.8) is 0 Å². The quantitative estimate of drug-likeness (QED) is 0.373. The van der Waals surface area contributed by atoms with Gasteiger partial charge in [-0.1, -0.05) is 31.8 Å². The molecule has 33 heavy (non-hydrogen) atoms. The molecule has 9 nitrogen and oxygen atoms in total. The molecule has 0 saturated carbocycles. The van der Waals surface area contributed by atoms with Crippen LogP contribution in [0.25, 0.3) is 0 Å². The fourth-order valence-corrected chi connectivity index (χ4v) is 2.26. The molecule has 0 spiro atoms. The molecule has 1 aromatic rings. The first kappa shape index (κ1) is 29.7. The Bertz CT molecular complexity index is 841. The van der Waals surface area contributed by atoms with Gasteiger partial charge >= 0.3 is 24.1 Å². The van der Waals surface area contributed by atoms with Crippen LogP contribution in [0.3, 0.4) is 0 Å². The van der Waals surface area contributed by atoms with Crippen LogP contribution in [0, 0.1) is 11.8 Å². The highest BCUT2D eigenvalue weighted by molar-refractivity contribution is 5.88. The Morgan fingerprint density at radius 3 is 1.97 bits per heavy atom. The number of aliphatic carboxylic acids is 3. The predicted molar refractivity (Wildman–Crippen MR) is 110 cm³/mol. The first-order valence-corrected chi connectivity index (χ1v) is 9.62. The maximum absolute atomic E-state index is 12.5. The van der Waals surface area contributed by atoms with Crippen molar-refractivity contribution in [2.45, 2.75) is 38.5 Å². The molecule has 1 rings (SSSR count). The summed E-state index contributed by atoms with van der Waals surface area (Å²) in [4.78, 5) is 32.6. The van der Waals surface area contributed by atoms with E-state index in [0.717, 1.165) is 25.2 Å². The molecule has 0 bridgehead atoms. The van der Waals surface area contributed by atoms with Gasteiger partial charge in [0.15, 0.2) is 5.60 Å². The first-order chi connectivity index (χ1) is 15.2. The number of alkyl halides is 3. The van der Waals surface area contributed by atoms with Gasteiger partial charge in [-0.2, -0.15) is 13.2 Å². The van der Waals surface area contributed by atoms with E-state index < -0.39 is 48.1 Å². The summed E-state index contributed by atoms with van der Waals surface area (Å²) >= 11 is 0. The maximum atomic E-state index is 12.5. The second-order valence-corrected chi connectivity index (χ2v) is 6.61. The lowest BCUT2D eigenvalue weighted by molar-refractivity contribution is -0.170. The van der Waals surface area contributed by atoms with Crippen LogP contribution in [-0.2, 0) is 20.6 Å². The van der Waals surface area contributed by atoms with E-state index in [1.807, 2.05) is 13.8 Å². The summed E-state index contributed by atoms with van der Waals surface area (Å²) in [6.45, 7) is 6.65. The van der Waals surface area contributed by atoms with Crippen molar-refractivity contribution in [2.75, 3.05) is 26.2 Å². The number of carboxylic acid groups (broad SMARTS) is 3. The van der Waals surface area contributed by atoms with Crippen molar-refractivity contribution in [1.29, 1.82) is 0 Å². The van der Waals surface area contributed by atoms with Crippen LogP contribution < -0.4 is 4.74 Å². The zero-order chi connectivity index (χ0) is 25.7. The minimum Gasteiger partial charge on any atom is -0.481 e. The second kappa shape index (κ2) is 14.0. The van der Waals surface area contributed by atoms with Crippen LogP contribution in [-0.4, -0.2) is 75.1 Å². The third kappa shape index (κ3) is 12.4. The molecule has 0 aliphatic carbocycles. The Balaban J connectivity index is 0.000000684. The van der Waals surface area contributed by atoms with Gasteiger partial charge in [-0.25, -0.2) is 4.79 Å². The fraction of sp³-hybridized carbons (Fsp3) is 0.476. The largest absolute Gasteiger partial charge is 0.481 e. The Kier molecular flexibility index (Phi) is 12.6. The minimum absolute atomic E-state index is 0.0859. The van der Waals surface area contributed by atoms with Gasteiger partial charge in [0.1, 0.15) is 12.4 Å². The smallest absolute Gasteiger partial charge is 0.416 e. The Labute approximate surface area is 188 Å². The number of ether oxygens (including phenoxy) is 1. The average molecular weight is 477 g/mol. The van der Waals surface area contributed by atoms with E-state index in [9.17, 15) is 27.6 Å². The van der Waals surface area contributed by atoms with Gasteiger partial charge in [-0.05, 0) is 31.3 Å². The summed E-state index contributed by atoms with van der Waals surface area (Å²) in [7, 11) is 0. The van der Waals surface area contributed by atoms with Crippen molar-refractivity contribution in [1.82, 2.24) is 4.90 Å². The number of carboxylic acids is 3. The third-order valence-corrected chi connectivity index (χ3v) is 4.08. The van der Waals surface area contributed by atoms with Crippen LogP contribution in [0.5, 0.6) is 5.75 Å². The highest BCUT2D eigenvalue weighted by atomic mass is 19.4. The molecule has 184 valence electrons.